The van der Waals surface area contributed by atoms with E-state index in [2.05, 4.69) is 10.6 Å². The van der Waals surface area contributed by atoms with Crippen LogP contribution >= 0.6 is 0 Å². The Bertz CT molecular complexity index is 507. The number of amides is 2. The first-order chi connectivity index (χ1) is 9.56. The third-order valence-electron chi connectivity index (χ3n) is 3.62. The Hall–Kier alpha value is -1.84. The molecule has 0 radical (unpaired) electrons. The Balaban J connectivity index is 1.66. The molecular formula is C16H22N2O2. The van der Waals surface area contributed by atoms with Crippen LogP contribution in [0.3, 0.4) is 0 Å². The zero-order valence-electron chi connectivity index (χ0n) is 12.2. The molecular weight excluding hydrogens is 252 g/mol. The van der Waals surface area contributed by atoms with Gasteiger partial charge in [-0.05, 0) is 56.4 Å². The van der Waals surface area contributed by atoms with Gasteiger partial charge >= 0.3 is 0 Å². The van der Waals surface area contributed by atoms with Crippen molar-refractivity contribution >= 4 is 17.5 Å². The summed E-state index contributed by atoms with van der Waals surface area (Å²) in [5.74, 6) is 0.368. The highest BCUT2D eigenvalue weighted by atomic mass is 16.2. The normalized spacial score (nSPS) is 13.9. The second kappa shape index (κ2) is 6.55. The Morgan fingerprint density at radius 1 is 1.20 bits per heavy atom. The fourth-order valence-electron chi connectivity index (χ4n) is 1.99. The summed E-state index contributed by atoms with van der Waals surface area (Å²) in [5, 5.41) is 5.74. The van der Waals surface area contributed by atoms with Crippen molar-refractivity contribution in [2.45, 2.75) is 39.5 Å². The lowest BCUT2D eigenvalue weighted by Gasteiger charge is -2.08. The maximum Gasteiger partial charge on any atom is 0.224 e. The van der Waals surface area contributed by atoms with E-state index in [1.807, 2.05) is 32.0 Å². The smallest absolute Gasteiger partial charge is 0.224 e. The summed E-state index contributed by atoms with van der Waals surface area (Å²) in [6.07, 6.45) is 3.13. The average molecular weight is 274 g/mol. The fourth-order valence-corrected chi connectivity index (χ4v) is 1.99. The number of carbonyl (C=O) groups is 2. The minimum Gasteiger partial charge on any atom is -0.356 e. The first kappa shape index (κ1) is 14.6. The number of hydrogen-bond acceptors (Lipinski definition) is 2. The van der Waals surface area contributed by atoms with Crippen LogP contribution in [0.15, 0.2) is 18.2 Å². The van der Waals surface area contributed by atoms with Crippen molar-refractivity contribution < 1.29 is 9.59 Å². The van der Waals surface area contributed by atoms with Crippen LogP contribution in [-0.4, -0.2) is 18.4 Å². The number of anilines is 1. The summed E-state index contributed by atoms with van der Waals surface area (Å²) in [5.41, 5.74) is 3.21. The van der Waals surface area contributed by atoms with E-state index in [1.54, 1.807) is 0 Å². The van der Waals surface area contributed by atoms with E-state index in [0.717, 1.165) is 18.5 Å². The summed E-state index contributed by atoms with van der Waals surface area (Å²) in [4.78, 5) is 23.2. The van der Waals surface area contributed by atoms with Crippen LogP contribution in [-0.2, 0) is 9.59 Å². The number of hydrogen-bond donors (Lipinski definition) is 2. The van der Waals surface area contributed by atoms with Crippen LogP contribution in [0.1, 0.15) is 36.8 Å². The predicted molar refractivity (Wildman–Crippen MR) is 79.5 cm³/mol. The molecule has 4 nitrogen and oxygen atoms in total. The lowest BCUT2D eigenvalue weighted by atomic mass is 10.1. The molecule has 2 amide bonds. The molecule has 1 fully saturated rings. The lowest BCUT2D eigenvalue weighted by molar-refractivity contribution is -0.122. The van der Waals surface area contributed by atoms with Gasteiger partial charge in [0.15, 0.2) is 0 Å². The minimum absolute atomic E-state index is 0.00563. The van der Waals surface area contributed by atoms with Gasteiger partial charge in [0, 0.05) is 24.6 Å². The highest BCUT2D eigenvalue weighted by Gasteiger charge is 2.28. The highest BCUT2D eigenvalue weighted by molar-refractivity contribution is 5.90. The van der Waals surface area contributed by atoms with E-state index in [-0.39, 0.29) is 17.7 Å². The fraction of sp³-hybridized carbons (Fsp3) is 0.500. The second-order valence-electron chi connectivity index (χ2n) is 5.52. The number of rotatable bonds is 6. The Morgan fingerprint density at radius 2 is 1.95 bits per heavy atom. The quantitative estimate of drug-likeness (QED) is 0.783. The molecule has 0 saturated heterocycles. The Morgan fingerprint density at radius 3 is 2.60 bits per heavy atom. The summed E-state index contributed by atoms with van der Waals surface area (Å²) in [6, 6.07) is 5.89. The third-order valence-corrected chi connectivity index (χ3v) is 3.62. The molecule has 1 aromatic carbocycles. The molecule has 2 rings (SSSR count). The lowest BCUT2D eigenvalue weighted by Crippen LogP contribution is -2.26. The van der Waals surface area contributed by atoms with Crippen LogP contribution in [0.5, 0.6) is 0 Å². The Labute approximate surface area is 119 Å². The average Bonchev–Trinajstić information content (AvgIpc) is 3.23. The first-order valence-corrected chi connectivity index (χ1v) is 7.21. The predicted octanol–water partition coefficient (Wildman–Crippen LogP) is 2.55. The number of carbonyl (C=O) groups excluding carboxylic acids is 2. The molecule has 0 spiro atoms. The summed E-state index contributed by atoms with van der Waals surface area (Å²) in [6.45, 7) is 4.65. The van der Waals surface area contributed by atoms with Crippen molar-refractivity contribution in [3.63, 3.8) is 0 Å². The van der Waals surface area contributed by atoms with Crippen LogP contribution < -0.4 is 10.6 Å². The topological polar surface area (TPSA) is 58.2 Å². The maximum atomic E-state index is 11.8. The van der Waals surface area contributed by atoms with Crippen LogP contribution in [0, 0.1) is 19.8 Å². The van der Waals surface area contributed by atoms with E-state index in [4.69, 9.17) is 0 Å². The van der Waals surface area contributed by atoms with Gasteiger partial charge in [0.25, 0.3) is 0 Å². The van der Waals surface area contributed by atoms with Crippen molar-refractivity contribution in [3.8, 4) is 0 Å². The van der Waals surface area contributed by atoms with Gasteiger partial charge in [-0.2, -0.15) is 0 Å². The van der Waals surface area contributed by atoms with E-state index in [1.165, 1.54) is 11.1 Å². The molecule has 1 aliphatic carbocycles. The van der Waals surface area contributed by atoms with Crippen molar-refractivity contribution in [1.82, 2.24) is 5.32 Å². The van der Waals surface area contributed by atoms with Crippen molar-refractivity contribution in [2.24, 2.45) is 5.92 Å². The van der Waals surface area contributed by atoms with Crippen molar-refractivity contribution in [3.05, 3.63) is 29.3 Å². The standard InChI is InChI=1S/C16H22N2O2/c1-11-5-8-14(10-12(11)2)18-15(19)4-3-9-17-16(20)13-6-7-13/h5,8,10,13H,3-4,6-7,9H2,1-2H3,(H,17,20)(H,18,19). The zero-order chi connectivity index (χ0) is 14.5. The second-order valence-corrected chi connectivity index (χ2v) is 5.52. The van der Waals surface area contributed by atoms with Crippen molar-refractivity contribution in [1.29, 1.82) is 0 Å². The molecule has 1 saturated carbocycles. The van der Waals surface area contributed by atoms with Gasteiger partial charge < -0.3 is 10.6 Å². The SMILES string of the molecule is Cc1ccc(NC(=O)CCCNC(=O)C2CC2)cc1C. The molecule has 0 aliphatic heterocycles. The summed E-state index contributed by atoms with van der Waals surface area (Å²) < 4.78 is 0. The van der Waals surface area contributed by atoms with Crippen LogP contribution in [0.25, 0.3) is 0 Å². The van der Waals surface area contributed by atoms with Gasteiger partial charge in [-0.3, -0.25) is 9.59 Å². The monoisotopic (exact) mass is 274 g/mol. The number of aryl methyl sites for hydroxylation is 2. The highest BCUT2D eigenvalue weighted by Crippen LogP contribution is 2.28. The van der Waals surface area contributed by atoms with E-state index in [0.29, 0.717) is 19.4 Å². The van der Waals surface area contributed by atoms with Gasteiger partial charge in [-0.1, -0.05) is 6.07 Å². The number of benzene rings is 1. The summed E-state index contributed by atoms with van der Waals surface area (Å²) >= 11 is 0. The molecule has 0 atom stereocenters. The molecule has 0 heterocycles. The maximum absolute atomic E-state index is 11.8. The molecule has 1 aromatic rings. The molecule has 2 N–H and O–H groups in total. The van der Waals surface area contributed by atoms with E-state index >= 15 is 0 Å². The van der Waals surface area contributed by atoms with Gasteiger partial charge in [-0.25, -0.2) is 0 Å². The summed E-state index contributed by atoms with van der Waals surface area (Å²) in [7, 11) is 0. The number of nitrogens with one attached hydrogen (secondary N) is 2. The molecule has 4 heteroatoms. The van der Waals surface area contributed by atoms with Gasteiger partial charge in [0.2, 0.25) is 11.8 Å². The van der Waals surface area contributed by atoms with Gasteiger partial charge in [-0.15, -0.1) is 0 Å². The third kappa shape index (κ3) is 4.37. The Kier molecular flexibility index (Phi) is 4.77. The minimum atomic E-state index is -0.00563. The molecule has 1 aliphatic rings. The zero-order valence-corrected chi connectivity index (χ0v) is 12.2. The molecule has 108 valence electrons. The molecule has 0 bridgehead atoms. The van der Waals surface area contributed by atoms with E-state index in [9.17, 15) is 9.59 Å². The van der Waals surface area contributed by atoms with Crippen molar-refractivity contribution in [2.75, 3.05) is 11.9 Å². The van der Waals surface area contributed by atoms with Crippen LogP contribution in [0.2, 0.25) is 0 Å². The first-order valence-electron chi connectivity index (χ1n) is 7.21. The van der Waals surface area contributed by atoms with E-state index < -0.39 is 0 Å². The molecule has 0 unspecified atom stereocenters. The largest absolute Gasteiger partial charge is 0.356 e. The van der Waals surface area contributed by atoms with Gasteiger partial charge in [0.05, 0.1) is 0 Å². The van der Waals surface area contributed by atoms with Crippen LogP contribution in [0.4, 0.5) is 5.69 Å². The van der Waals surface area contributed by atoms with Gasteiger partial charge in [0.1, 0.15) is 0 Å². The molecule has 20 heavy (non-hydrogen) atoms. The molecule has 0 aromatic heterocycles.